The molecule has 0 unspecified atom stereocenters. The van der Waals surface area contributed by atoms with Gasteiger partial charge in [0.25, 0.3) is 0 Å². The van der Waals surface area contributed by atoms with Crippen LogP contribution >= 0.6 is 11.6 Å². The molecule has 2 saturated heterocycles. The van der Waals surface area contributed by atoms with Gasteiger partial charge in [-0.15, -0.1) is 0 Å². The van der Waals surface area contributed by atoms with Crippen molar-refractivity contribution in [3.63, 3.8) is 0 Å². The molecule has 0 amide bonds. The third kappa shape index (κ3) is 1.15. The van der Waals surface area contributed by atoms with E-state index in [1.54, 1.807) is 0 Å². The fourth-order valence-corrected chi connectivity index (χ4v) is 2.32. The van der Waals surface area contributed by atoms with Gasteiger partial charge in [0.15, 0.2) is 5.79 Å². The van der Waals surface area contributed by atoms with E-state index in [4.69, 9.17) is 25.8 Å². The second-order valence-electron chi connectivity index (χ2n) is 4.14. The predicted octanol–water partition coefficient (Wildman–Crippen LogP) is 1.41. The molecule has 0 aromatic heterocycles. The van der Waals surface area contributed by atoms with Crippen molar-refractivity contribution in [1.29, 1.82) is 0 Å². The molecule has 3 aliphatic rings. The van der Waals surface area contributed by atoms with Crippen molar-refractivity contribution < 1.29 is 14.2 Å². The van der Waals surface area contributed by atoms with Gasteiger partial charge < -0.3 is 14.2 Å². The SMILES string of the molecule is CC1(C)O[C@H]2[C@@H]3O[C@@H]3C=C(Cl)[C@H]2O1. The molecule has 0 saturated carbocycles. The largest absolute Gasteiger partial charge is 0.362 e. The maximum atomic E-state index is 6.04. The van der Waals surface area contributed by atoms with Crippen LogP contribution in [0.1, 0.15) is 13.8 Å². The quantitative estimate of drug-likeness (QED) is 0.557. The smallest absolute Gasteiger partial charge is 0.164 e. The van der Waals surface area contributed by atoms with E-state index in [-0.39, 0.29) is 24.4 Å². The molecular weight excluding hydrogens is 192 g/mol. The van der Waals surface area contributed by atoms with Gasteiger partial charge in [0.1, 0.15) is 24.4 Å². The van der Waals surface area contributed by atoms with Crippen molar-refractivity contribution in [3.8, 4) is 0 Å². The lowest BCUT2D eigenvalue weighted by molar-refractivity contribution is -0.144. The van der Waals surface area contributed by atoms with E-state index in [1.807, 2.05) is 19.9 Å². The molecule has 3 rings (SSSR count). The zero-order valence-corrected chi connectivity index (χ0v) is 8.25. The van der Waals surface area contributed by atoms with E-state index in [0.29, 0.717) is 5.03 Å². The number of halogens is 1. The van der Waals surface area contributed by atoms with Crippen molar-refractivity contribution in [2.24, 2.45) is 0 Å². The number of hydrogen-bond donors (Lipinski definition) is 0. The van der Waals surface area contributed by atoms with Crippen LogP contribution < -0.4 is 0 Å². The van der Waals surface area contributed by atoms with Crippen LogP contribution in [-0.2, 0) is 14.2 Å². The number of rotatable bonds is 0. The first-order chi connectivity index (χ1) is 6.07. The fraction of sp³-hybridized carbons (Fsp3) is 0.778. The standard InChI is InChI=1S/C9H11ClO3/c1-9(2)12-6-4(10)3-5-7(11-5)8(6)13-9/h3,5-8H,1-2H3/t5-,6-,7-,8-/m1/s1. The third-order valence-electron chi connectivity index (χ3n) is 2.61. The molecule has 4 heteroatoms. The van der Waals surface area contributed by atoms with E-state index in [2.05, 4.69) is 0 Å². The average molecular weight is 203 g/mol. The highest BCUT2D eigenvalue weighted by Crippen LogP contribution is 2.46. The van der Waals surface area contributed by atoms with E-state index >= 15 is 0 Å². The summed E-state index contributed by atoms with van der Waals surface area (Å²) < 4.78 is 16.8. The monoisotopic (exact) mass is 202 g/mol. The molecule has 0 aromatic rings. The summed E-state index contributed by atoms with van der Waals surface area (Å²) in [5, 5.41) is 0.717. The zero-order valence-electron chi connectivity index (χ0n) is 7.49. The van der Waals surface area contributed by atoms with E-state index in [9.17, 15) is 0 Å². The molecule has 13 heavy (non-hydrogen) atoms. The minimum Gasteiger partial charge on any atom is -0.362 e. The van der Waals surface area contributed by atoms with Crippen molar-refractivity contribution >= 4 is 11.6 Å². The Morgan fingerprint density at radius 2 is 2.08 bits per heavy atom. The van der Waals surface area contributed by atoms with Crippen LogP contribution in [0.2, 0.25) is 0 Å². The summed E-state index contributed by atoms with van der Waals surface area (Å²) in [6.07, 6.45) is 2.09. The van der Waals surface area contributed by atoms with Crippen molar-refractivity contribution in [3.05, 3.63) is 11.1 Å². The topological polar surface area (TPSA) is 31.0 Å². The minimum atomic E-state index is -0.538. The maximum Gasteiger partial charge on any atom is 0.164 e. The van der Waals surface area contributed by atoms with Gasteiger partial charge in [-0.3, -0.25) is 0 Å². The van der Waals surface area contributed by atoms with Crippen LogP contribution in [0.5, 0.6) is 0 Å². The van der Waals surface area contributed by atoms with E-state index < -0.39 is 5.79 Å². The second-order valence-corrected chi connectivity index (χ2v) is 4.57. The van der Waals surface area contributed by atoms with Crippen LogP contribution in [0.25, 0.3) is 0 Å². The summed E-state index contributed by atoms with van der Waals surface area (Å²) in [5.41, 5.74) is 0. The van der Waals surface area contributed by atoms with Crippen molar-refractivity contribution in [2.75, 3.05) is 0 Å². The lowest BCUT2D eigenvalue weighted by Crippen LogP contribution is -2.32. The van der Waals surface area contributed by atoms with Crippen molar-refractivity contribution in [2.45, 2.75) is 44.1 Å². The number of hydrogen-bond acceptors (Lipinski definition) is 3. The van der Waals surface area contributed by atoms with Gasteiger partial charge >= 0.3 is 0 Å². The Bertz CT molecular complexity index is 287. The second kappa shape index (κ2) is 2.28. The first-order valence-electron chi connectivity index (χ1n) is 4.45. The predicted molar refractivity (Wildman–Crippen MR) is 46.4 cm³/mol. The molecule has 0 N–H and O–H groups in total. The molecular formula is C9H11ClO3. The Morgan fingerprint density at radius 3 is 2.85 bits per heavy atom. The number of epoxide rings is 1. The Hall–Kier alpha value is -0.0900. The van der Waals surface area contributed by atoms with Gasteiger partial charge in [-0.2, -0.15) is 0 Å². The first kappa shape index (κ1) is 8.24. The molecule has 2 fully saturated rings. The van der Waals surface area contributed by atoms with Crippen LogP contribution in [0, 0.1) is 0 Å². The van der Waals surface area contributed by atoms with Gasteiger partial charge in [-0.1, -0.05) is 11.6 Å². The Morgan fingerprint density at radius 1 is 1.31 bits per heavy atom. The summed E-state index contributed by atoms with van der Waals surface area (Å²) in [5.74, 6) is -0.538. The molecule has 0 aromatic carbocycles. The summed E-state index contributed by atoms with van der Waals surface area (Å²) in [6, 6.07) is 0. The lowest BCUT2D eigenvalue weighted by atomic mass is 10.0. The lowest BCUT2D eigenvalue weighted by Gasteiger charge is -2.16. The van der Waals surface area contributed by atoms with Gasteiger partial charge in [-0.25, -0.2) is 0 Å². The molecule has 2 aliphatic heterocycles. The summed E-state index contributed by atoms with van der Waals surface area (Å²) in [4.78, 5) is 0. The van der Waals surface area contributed by atoms with Crippen molar-refractivity contribution in [1.82, 2.24) is 0 Å². The highest BCUT2D eigenvalue weighted by atomic mass is 35.5. The Kier molecular flexibility index (Phi) is 1.45. The highest BCUT2D eigenvalue weighted by Gasteiger charge is 2.58. The van der Waals surface area contributed by atoms with Gasteiger partial charge in [-0.05, 0) is 19.9 Å². The first-order valence-corrected chi connectivity index (χ1v) is 4.83. The molecule has 72 valence electrons. The summed E-state index contributed by atoms with van der Waals surface area (Å²) >= 11 is 6.04. The molecule has 0 spiro atoms. The average Bonchev–Trinajstić information content (AvgIpc) is 2.68. The minimum absolute atomic E-state index is 0.0162. The van der Waals surface area contributed by atoms with Gasteiger partial charge in [0, 0.05) is 5.03 Å². The summed E-state index contributed by atoms with van der Waals surface area (Å²) in [6.45, 7) is 3.79. The molecule has 3 nitrogen and oxygen atoms in total. The molecule has 0 radical (unpaired) electrons. The summed E-state index contributed by atoms with van der Waals surface area (Å²) in [7, 11) is 0. The Balaban J connectivity index is 1.93. The number of ether oxygens (including phenoxy) is 3. The van der Waals surface area contributed by atoms with E-state index in [0.717, 1.165) is 0 Å². The molecule has 2 heterocycles. The van der Waals surface area contributed by atoms with Crippen LogP contribution in [0.15, 0.2) is 11.1 Å². The molecule has 4 atom stereocenters. The van der Waals surface area contributed by atoms with Gasteiger partial charge in [0.05, 0.1) is 0 Å². The maximum absolute atomic E-state index is 6.04. The van der Waals surface area contributed by atoms with Crippen LogP contribution in [0.3, 0.4) is 0 Å². The highest BCUT2D eigenvalue weighted by molar-refractivity contribution is 6.30. The zero-order chi connectivity index (χ0) is 9.22. The van der Waals surface area contributed by atoms with Crippen LogP contribution in [0.4, 0.5) is 0 Å². The van der Waals surface area contributed by atoms with E-state index in [1.165, 1.54) is 0 Å². The molecule has 1 aliphatic carbocycles. The van der Waals surface area contributed by atoms with Gasteiger partial charge in [0.2, 0.25) is 0 Å². The normalized spacial score (nSPS) is 50.8. The molecule has 0 bridgehead atoms. The fourth-order valence-electron chi connectivity index (χ4n) is 2.03. The third-order valence-corrected chi connectivity index (χ3v) is 2.95. The number of fused-ring (bicyclic) bond motifs is 3. The van der Waals surface area contributed by atoms with Crippen LogP contribution in [-0.4, -0.2) is 30.2 Å². The Labute approximate surface area is 81.6 Å².